The minimum atomic E-state index is -0.0849. The Hall–Kier alpha value is -2.37. The summed E-state index contributed by atoms with van der Waals surface area (Å²) in [5, 5.41) is 3.82. The topological polar surface area (TPSA) is 68.3 Å². The number of rotatable bonds is 1. The van der Waals surface area contributed by atoms with E-state index in [0.29, 0.717) is 37.0 Å². The molecule has 2 aliphatic rings. The Morgan fingerprint density at radius 2 is 2.18 bits per heavy atom. The van der Waals surface area contributed by atoms with Crippen LogP contribution in [0.15, 0.2) is 33.6 Å². The van der Waals surface area contributed by atoms with Crippen LogP contribution in [-0.2, 0) is 6.54 Å². The highest BCUT2D eigenvalue weighted by Gasteiger charge is 2.37. The molecule has 2 aliphatic heterocycles. The maximum absolute atomic E-state index is 12.6. The van der Waals surface area contributed by atoms with Gasteiger partial charge in [-0.25, -0.2) is 0 Å². The van der Waals surface area contributed by atoms with Crippen molar-refractivity contribution in [1.29, 1.82) is 0 Å². The van der Waals surface area contributed by atoms with Gasteiger partial charge in [0.15, 0.2) is 5.69 Å². The molecule has 2 aromatic heterocycles. The molecule has 6 nitrogen and oxygen atoms in total. The van der Waals surface area contributed by atoms with Gasteiger partial charge in [-0.05, 0) is 25.3 Å². The zero-order chi connectivity index (χ0) is 15.3. The van der Waals surface area contributed by atoms with Crippen molar-refractivity contribution < 1.29 is 9.32 Å². The Morgan fingerprint density at radius 3 is 2.95 bits per heavy atom. The van der Waals surface area contributed by atoms with Gasteiger partial charge in [-0.3, -0.25) is 9.59 Å². The number of pyridine rings is 1. The smallest absolute Gasteiger partial charge is 0.276 e. The average molecular weight is 299 g/mol. The van der Waals surface area contributed by atoms with Crippen LogP contribution in [0.5, 0.6) is 0 Å². The van der Waals surface area contributed by atoms with Crippen molar-refractivity contribution in [2.24, 2.45) is 5.92 Å². The van der Waals surface area contributed by atoms with Gasteiger partial charge in [-0.2, -0.15) is 0 Å². The summed E-state index contributed by atoms with van der Waals surface area (Å²) in [6.07, 6.45) is 1.03. The Balaban J connectivity index is 1.64. The Morgan fingerprint density at radius 1 is 1.32 bits per heavy atom. The molecule has 4 heterocycles. The van der Waals surface area contributed by atoms with Crippen LogP contribution in [-0.4, -0.2) is 33.6 Å². The number of aryl methyl sites for hydroxylation is 1. The second-order valence-corrected chi connectivity index (χ2v) is 6.23. The second kappa shape index (κ2) is 4.83. The number of piperidine rings is 1. The summed E-state index contributed by atoms with van der Waals surface area (Å²) in [7, 11) is 0. The molecule has 0 radical (unpaired) electrons. The number of hydrogen-bond donors (Lipinski definition) is 0. The van der Waals surface area contributed by atoms with Crippen LogP contribution in [0.3, 0.4) is 0 Å². The van der Waals surface area contributed by atoms with Crippen LogP contribution in [0.25, 0.3) is 0 Å². The van der Waals surface area contributed by atoms with E-state index in [-0.39, 0.29) is 17.4 Å². The highest BCUT2D eigenvalue weighted by molar-refractivity contribution is 5.92. The molecule has 2 bridgehead atoms. The lowest BCUT2D eigenvalue weighted by atomic mass is 9.83. The maximum Gasteiger partial charge on any atom is 0.276 e. The summed E-state index contributed by atoms with van der Waals surface area (Å²) >= 11 is 0. The Bertz CT molecular complexity index is 792. The molecule has 1 amide bonds. The van der Waals surface area contributed by atoms with Crippen LogP contribution in [0.4, 0.5) is 0 Å². The average Bonchev–Trinajstić information content (AvgIpc) is 2.94. The summed E-state index contributed by atoms with van der Waals surface area (Å²) < 4.78 is 6.86. The maximum atomic E-state index is 12.6. The van der Waals surface area contributed by atoms with Crippen molar-refractivity contribution in [1.82, 2.24) is 14.6 Å². The first-order chi connectivity index (χ1) is 10.6. The van der Waals surface area contributed by atoms with Crippen molar-refractivity contribution in [3.05, 3.63) is 51.8 Å². The molecule has 4 rings (SSSR count). The third kappa shape index (κ3) is 2.06. The summed E-state index contributed by atoms with van der Waals surface area (Å²) in [5.74, 6) is 1.09. The SMILES string of the molecule is Cc1cc(C(=O)N2C[C@H]3C[C@@H](C2)c2cccc(=O)n2C3)no1. The minimum absolute atomic E-state index is 0.0547. The second-order valence-electron chi connectivity index (χ2n) is 6.23. The third-order valence-corrected chi connectivity index (χ3v) is 4.61. The van der Waals surface area contributed by atoms with Gasteiger partial charge in [-0.15, -0.1) is 0 Å². The molecular formula is C16H17N3O3. The van der Waals surface area contributed by atoms with Gasteiger partial charge in [-0.1, -0.05) is 11.2 Å². The van der Waals surface area contributed by atoms with Crippen LogP contribution in [0.1, 0.15) is 34.3 Å². The van der Waals surface area contributed by atoms with E-state index in [2.05, 4.69) is 5.16 Å². The summed E-state index contributed by atoms with van der Waals surface area (Å²) in [4.78, 5) is 26.4. The first-order valence-corrected chi connectivity index (χ1v) is 7.54. The summed E-state index contributed by atoms with van der Waals surface area (Å²) in [6.45, 7) is 3.76. The fraction of sp³-hybridized carbons (Fsp3) is 0.438. The van der Waals surface area contributed by atoms with E-state index in [1.807, 2.05) is 15.5 Å². The van der Waals surface area contributed by atoms with Crippen LogP contribution >= 0.6 is 0 Å². The lowest BCUT2D eigenvalue weighted by Crippen LogP contribution is -2.49. The predicted octanol–water partition coefficient (Wildman–Crippen LogP) is 1.40. The first kappa shape index (κ1) is 13.3. The number of carbonyl (C=O) groups excluding carboxylic acids is 1. The number of amides is 1. The quantitative estimate of drug-likeness (QED) is 0.798. The van der Waals surface area contributed by atoms with Gasteiger partial charge in [0.2, 0.25) is 0 Å². The van der Waals surface area contributed by atoms with Crippen LogP contribution in [0.2, 0.25) is 0 Å². The molecule has 0 N–H and O–H groups in total. The van der Waals surface area contributed by atoms with Crippen molar-refractivity contribution in [3.8, 4) is 0 Å². The van der Waals surface area contributed by atoms with E-state index in [0.717, 1.165) is 12.1 Å². The molecule has 2 aromatic rings. The zero-order valence-electron chi connectivity index (χ0n) is 12.4. The highest BCUT2D eigenvalue weighted by atomic mass is 16.5. The first-order valence-electron chi connectivity index (χ1n) is 7.54. The van der Waals surface area contributed by atoms with E-state index in [1.165, 1.54) is 0 Å². The van der Waals surface area contributed by atoms with E-state index in [9.17, 15) is 9.59 Å². The van der Waals surface area contributed by atoms with E-state index >= 15 is 0 Å². The van der Waals surface area contributed by atoms with Gasteiger partial charge in [0, 0.05) is 43.4 Å². The fourth-order valence-corrected chi connectivity index (χ4v) is 3.69. The zero-order valence-corrected chi connectivity index (χ0v) is 12.4. The van der Waals surface area contributed by atoms with E-state index < -0.39 is 0 Å². The monoisotopic (exact) mass is 299 g/mol. The molecule has 0 aliphatic carbocycles. The number of carbonyl (C=O) groups is 1. The molecule has 0 saturated carbocycles. The fourth-order valence-electron chi connectivity index (χ4n) is 3.69. The van der Waals surface area contributed by atoms with Crippen molar-refractivity contribution in [3.63, 3.8) is 0 Å². The van der Waals surface area contributed by atoms with Gasteiger partial charge in [0.05, 0.1) is 0 Å². The minimum Gasteiger partial charge on any atom is -0.361 e. The van der Waals surface area contributed by atoms with E-state index in [4.69, 9.17) is 4.52 Å². The highest BCUT2D eigenvalue weighted by Crippen LogP contribution is 2.35. The molecule has 1 saturated heterocycles. The van der Waals surface area contributed by atoms with Crippen LogP contribution in [0, 0.1) is 12.8 Å². The molecule has 2 atom stereocenters. The largest absolute Gasteiger partial charge is 0.361 e. The number of likely N-dealkylation sites (tertiary alicyclic amines) is 1. The molecule has 0 unspecified atom stereocenters. The van der Waals surface area contributed by atoms with Crippen molar-refractivity contribution in [2.45, 2.75) is 25.8 Å². The normalized spacial score (nSPS) is 23.2. The van der Waals surface area contributed by atoms with Crippen LogP contribution < -0.4 is 5.56 Å². The van der Waals surface area contributed by atoms with Crippen molar-refractivity contribution >= 4 is 5.91 Å². The third-order valence-electron chi connectivity index (χ3n) is 4.61. The van der Waals surface area contributed by atoms with Gasteiger partial charge >= 0.3 is 0 Å². The molecule has 1 fully saturated rings. The predicted molar refractivity (Wildman–Crippen MR) is 78.7 cm³/mol. The molecule has 114 valence electrons. The Kier molecular flexibility index (Phi) is 2.92. The van der Waals surface area contributed by atoms with Gasteiger partial charge in [0.25, 0.3) is 11.5 Å². The summed E-state index contributed by atoms with van der Waals surface area (Å²) in [5.41, 5.74) is 1.46. The molecule has 0 spiro atoms. The van der Waals surface area contributed by atoms with Crippen molar-refractivity contribution in [2.75, 3.05) is 13.1 Å². The lowest BCUT2D eigenvalue weighted by Gasteiger charge is -2.42. The van der Waals surface area contributed by atoms with Gasteiger partial charge < -0.3 is 14.0 Å². The Labute approximate surface area is 127 Å². The summed E-state index contributed by atoms with van der Waals surface area (Å²) in [6, 6.07) is 7.07. The number of fused-ring (bicyclic) bond motifs is 4. The number of aromatic nitrogens is 2. The molecular weight excluding hydrogens is 282 g/mol. The molecule has 6 heteroatoms. The van der Waals surface area contributed by atoms with E-state index in [1.54, 1.807) is 25.1 Å². The molecule has 0 aromatic carbocycles. The standard InChI is InChI=1S/C16H17N3O3/c1-10-5-13(17-22-10)16(21)18-7-11-6-12(9-18)14-3-2-4-15(20)19(14)8-11/h2-5,11-12H,6-9H2,1H3/t11-,12+/m1/s1. The van der Waals surface area contributed by atoms with Gasteiger partial charge in [0.1, 0.15) is 5.76 Å². The number of nitrogens with zero attached hydrogens (tertiary/aromatic N) is 3. The number of hydrogen-bond acceptors (Lipinski definition) is 4. The molecule has 22 heavy (non-hydrogen) atoms. The lowest BCUT2D eigenvalue weighted by molar-refractivity contribution is 0.0584.